The molecule has 0 bridgehead atoms. The summed E-state index contributed by atoms with van der Waals surface area (Å²) in [4.78, 5) is 8.64. The highest BCUT2D eigenvalue weighted by molar-refractivity contribution is 7.91. The zero-order valence-corrected chi connectivity index (χ0v) is 21.4. The highest BCUT2D eigenvalue weighted by Crippen LogP contribution is 2.37. The summed E-state index contributed by atoms with van der Waals surface area (Å²) in [5.41, 5.74) is 1.97. The van der Waals surface area contributed by atoms with Gasteiger partial charge in [0.2, 0.25) is 0 Å². The molecule has 1 aliphatic heterocycles. The first-order chi connectivity index (χ1) is 16.8. The van der Waals surface area contributed by atoms with Gasteiger partial charge in [0.15, 0.2) is 15.7 Å². The zero-order valence-electron chi connectivity index (χ0n) is 20.6. The molecule has 3 aromatic rings. The smallest absolute Gasteiger partial charge is 0.160 e. The fourth-order valence-electron chi connectivity index (χ4n) is 4.22. The Labute approximate surface area is 205 Å². The molecule has 0 unspecified atom stereocenters. The minimum Gasteiger partial charge on any atom is -0.494 e. The Hall–Kier alpha value is -3.05. The van der Waals surface area contributed by atoms with Gasteiger partial charge in [-0.1, -0.05) is 13.0 Å². The Bertz CT molecular complexity index is 1250. The van der Waals surface area contributed by atoms with Crippen molar-refractivity contribution in [1.29, 1.82) is 0 Å². The second-order valence-corrected chi connectivity index (χ2v) is 11.1. The summed E-state index contributed by atoms with van der Waals surface area (Å²) >= 11 is 0. The topological polar surface area (TPSA) is 118 Å². The van der Waals surface area contributed by atoms with Crippen molar-refractivity contribution >= 4 is 9.84 Å². The average Bonchev–Trinajstić information content (AvgIpc) is 3.52. The molecule has 0 saturated carbocycles. The van der Waals surface area contributed by atoms with Crippen LogP contribution in [0.2, 0.25) is 0 Å². The molecule has 1 aliphatic rings. The van der Waals surface area contributed by atoms with Gasteiger partial charge >= 0.3 is 0 Å². The third-order valence-corrected chi connectivity index (χ3v) is 8.75. The number of nitrogens with zero attached hydrogens (tertiary/aromatic N) is 5. The van der Waals surface area contributed by atoms with E-state index in [-0.39, 0.29) is 17.6 Å². The summed E-state index contributed by atoms with van der Waals surface area (Å²) in [6.07, 6.45) is 4.04. The molecule has 35 heavy (non-hydrogen) atoms. The fourth-order valence-corrected chi connectivity index (χ4v) is 5.79. The maximum atomic E-state index is 13.6. The van der Waals surface area contributed by atoms with E-state index in [1.807, 2.05) is 19.9 Å². The number of methoxy groups -OCH3 is 2. The summed E-state index contributed by atoms with van der Waals surface area (Å²) in [5.74, 6) is 1.29. The molecule has 3 heterocycles. The molecule has 0 radical (unpaired) electrons. The Morgan fingerprint density at radius 3 is 2.40 bits per heavy atom. The lowest BCUT2D eigenvalue weighted by molar-refractivity contribution is 0.193. The molecule has 1 aromatic carbocycles. The monoisotopic (exact) mass is 501 g/mol. The van der Waals surface area contributed by atoms with E-state index >= 15 is 0 Å². The summed E-state index contributed by atoms with van der Waals surface area (Å²) in [7, 11) is -0.536. The number of para-hydroxylation sites is 1. The van der Waals surface area contributed by atoms with Crippen LogP contribution in [0.25, 0.3) is 5.69 Å². The maximum Gasteiger partial charge on any atom is 0.160 e. The van der Waals surface area contributed by atoms with Gasteiger partial charge in [-0.3, -0.25) is 14.5 Å². The number of benzene rings is 1. The molecule has 1 fully saturated rings. The summed E-state index contributed by atoms with van der Waals surface area (Å²) in [5, 5.41) is 8.04. The highest BCUT2D eigenvalue weighted by Gasteiger charge is 2.34. The van der Waals surface area contributed by atoms with Crippen molar-refractivity contribution in [2.45, 2.75) is 50.0 Å². The van der Waals surface area contributed by atoms with Crippen molar-refractivity contribution in [2.24, 2.45) is 0 Å². The van der Waals surface area contributed by atoms with Crippen molar-refractivity contribution in [3.63, 3.8) is 0 Å². The molecule has 4 rings (SSSR count). The van der Waals surface area contributed by atoms with Crippen LogP contribution in [0.4, 0.5) is 0 Å². The quantitative estimate of drug-likeness (QED) is 0.436. The summed E-state index contributed by atoms with van der Waals surface area (Å²) in [6, 6.07) is 5.41. The third-order valence-electron chi connectivity index (χ3n) is 6.54. The van der Waals surface area contributed by atoms with E-state index in [4.69, 9.17) is 14.2 Å². The van der Waals surface area contributed by atoms with Crippen molar-refractivity contribution in [1.82, 2.24) is 24.7 Å². The third kappa shape index (κ3) is 5.01. The van der Waals surface area contributed by atoms with E-state index < -0.39 is 15.1 Å². The number of hydrogen-bond donors (Lipinski definition) is 0. The van der Waals surface area contributed by atoms with Gasteiger partial charge in [0.05, 0.1) is 37.5 Å². The van der Waals surface area contributed by atoms with Crippen LogP contribution in [0.5, 0.6) is 11.5 Å². The molecule has 10 nitrogen and oxygen atoms in total. The van der Waals surface area contributed by atoms with Crippen molar-refractivity contribution < 1.29 is 22.6 Å². The van der Waals surface area contributed by atoms with Crippen LogP contribution < -0.4 is 9.47 Å². The molecule has 0 spiro atoms. The van der Waals surface area contributed by atoms with Crippen LogP contribution in [-0.2, 0) is 20.3 Å². The van der Waals surface area contributed by atoms with Crippen LogP contribution in [0.15, 0.2) is 30.6 Å². The molecular weight excluding hydrogens is 470 g/mol. The van der Waals surface area contributed by atoms with Crippen molar-refractivity contribution in [3.8, 4) is 17.2 Å². The molecule has 188 valence electrons. The van der Waals surface area contributed by atoms with Crippen LogP contribution in [-0.4, -0.2) is 65.8 Å². The maximum absolute atomic E-state index is 13.6. The zero-order chi connectivity index (χ0) is 25.2. The summed E-state index contributed by atoms with van der Waals surface area (Å²) < 4.78 is 45.7. The molecule has 2 aromatic heterocycles. The van der Waals surface area contributed by atoms with Gasteiger partial charge in [0.25, 0.3) is 0 Å². The minimum atomic E-state index is -3.65. The standard InChI is InChI=1S/C24H31N5O5S/c1-15-11-26-19(12-25-15)16(2)17(3)35(30,31)14-22-27-28-24(18-9-10-34-13-18)29(22)23-20(32-4)7-6-8-21(23)33-5/h6-8,11-12,16-18H,9-10,13-14H2,1-5H3/t16-,17-,18-/m0/s1. The second kappa shape index (κ2) is 10.3. The van der Waals surface area contributed by atoms with Gasteiger partial charge in [0.1, 0.15) is 28.8 Å². The molecule has 0 N–H and O–H groups in total. The van der Waals surface area contributed by atoms with Crippen molar-refractivity contribution in [2.75, 3.05) is 27.4 Å². The average molecular weight is 502 g/mol. The van der Waals surface area contributed by atoms with E-state index in [1.165, 1.54) is 0 Å². The lowest BCUT2D eigenvalue weighted by atomic mass is 10.1. The van der Waals surface area contributed by atoms with Crippen LogP contribution >= 0.6 is 0 Å². The van der Waals surface area contributed by atoms with Crippen molar-refractivity contribution in [3.05, 3.63) is 53.6 Å². The van der Waals surface area contributed by atoms with Gasteiger partial charge in [0, 0.05) is 30.8 Å². The summed E-state index contributed by atoms with van der Waals surface area (Å²) in [6.45, 7) is 6.48. The predicted molar refractivity (Wildman–Crippen MR) is 130 cm³/mol. The van der Waals surface area contributed by atoms with E-state index in [2.05, 4.69) is 20.2 Å². The highest BCUT2D eigenvalue weighted by atomic mass is 32.2. The first kappa shape index (κ1) is 25.1. The van der Waals surface area contributed by atoms with Gasteiger partial charge in [-0.2, -0.15) is 0 Å². The van der Waals surface area contributed by atoms with Gasteiger partial charge in [-0.25, -0.2) is 8.42 Å². The lowest BCUT2D eigenvalue weighted by Crippen LogP contribution is -2.27. The molecule has 1 saturated heterocycles. The Balaban J connectivity index is 1.76. The normalized spacial score (nSPS) is 17.8. The fraction of sp³-hybridized carbons (Fsp3) is 0.500. The number of aryl methyl sites for hydroxylation is 1. The van der Waals surface area contributed by atoms with Crippen LogP contribution in [0, 0.1) is 6.92 Å². The Morgan fingerprint density at radius 1 is 1.11 bits per heavy atom. The van der Waals surface area contributed by atoms with E-state index in [9.17, 15) is 8.42 Å². The lowest BCUT2D eigenvalue weighted by Gasteiger charge is -2.21. The number of ether oxygens (including phenoxy) is 3. The number of sulfone groups is 1. The first-order valence-electron chi connectivity index (χ1n) is 11.5. The second-order valence-electron chi connectivity index (χ2n) is 8.77. The molecule has 11 heteroatoms. The van der Waals surface area contributed by atoms with Gasteiger partial charge in [-0.05, 0) is 32.4 Å². The van der Waals surface area contributed by atoms with Gasteiger partial charge < -0.3 is 14.2 Å². The predicted octanol–water partition coefficient (Wildman–Crippen LogP) is 2.99. The SMILES string of the molecule is COc1cccc(OC)c1-n1c(CS(=O)(=O)[C@@H](C)[C@H](C)c2cnc(C)cn2)nnc1[C@H]1CCOC1. The largest absolute Gasteiger partial charge is 0.494 e. The molecule has 0 aliphatic carbocycles. The van der Waals surface area contributed by atoms with E-state index in [1.54, 1.807) is 50.2 Å². The Kier molecular flexibility index (Phi) is 7.36. The van der Waals surface area contributed by atoms with E-state index in [0.717, 1.165) is 12.1 Å². The first-order valence-corrected chi connectivity index (χ1v) is 13.2. The van der Waals surface area contributed by atoms with E-state index in [0.29, 0.717) is 47.7 Å². The number of aromatic nitrogens is 5. The van der Waals surface area contributed by atoms with Gasteiger partial charge in [-0.15, -0.1) is 10.2 Å². The number of rotatable bonds is 9. The molecule has 3 atom stereocenters. The molecule has 0 amide bonds. The minimum absolute atomic E-state index is 0.0206. The van der Waals surface area contributed by atoms with Crippen LogP contribution in [0.1, 0.15) is 55.1 Å². The molecular formula is C24H31N5O5S. The Morgan fingerprint density at radius 2 is 1.83 bits per heavy atom. The van der Waals surface area contributed by atoms with Crippen LogP contribution in [0.3, 0.4) is 0 Å². The number of hydrogen-bond acceptors (Lipinski definition) is 9.